The molecule has 0 bridgehead atoms. The predicted molar refractivity (Wildman–Crippen MR) is 67.3 cm³/mol. The van der Waals surface area contributed by atoms with E-state index in [2.05, 4.69) is 5.32 Å². The minimum atomic E-state index is -2.94. The molecule has 0 aliphatic heterocycles. The van der Waals surface area contributed by atoms with Crippen LogP contribution < -0.4 is 5.32 Å². The van der Waals surface area contributed by atoms with E-state index in [0.717, 1.165) is 6.42 Å². The largest absolute Gasteiger partial charge is 0.389 e. The molecular formula is C11H25NO3S. The number of sulfone groups is 1. The number of aliphatic hydroxyl groups is 1. The predicted octanol–water partition coefficient (Wildman–Crippen LogP) is 0.950. The second-order valence-electron chi connectivity index (χ2n) is 4.73. The normalized spacial score (nSPS) is 18.1. The van der Waals surface area contributed by atoms with Crippen LogP contribution >= 0.6 is 0 Å². The van der Waals surface area contributed by atoms with Crippen molar-refractivity contribution in [3.8, 4) is 0 Å². The Balaban J connectivity index is 4.03. The average molecular weight is 251 g/mol. The van der Waals surface area contributed by atoms with E-state index in [1.54, 1.807) is 13.8 Å². The molecule has 0 aromatic heterocycles. The summed E-state index contributed by atoms with van der Waals surface area (Å²) in [6.45, 7) is 7.69. The van der Waals surface area contributed by atoms with Crippen molar-refractivity contribution < 1.29 is 13.5 Å². The van der Waals surface area contributed by atoms with Gasteiger partial charge in [-0.3, -0.25) is 0 Å². The summed E-state index contributed by atoms with van der Waals surface area (Å²) in [6.07, 6.45) is 1.63. The van der Waals surface area contributed by atoms with E-state index in [1.165, 1.54) is 0 Å². The molecule has 2 N–H and O–H groups in total. The van der Waals surface area contributed by atoms with Crippen LogP contribution in [0.15, 0.2) is 0 Å². The van der Waals surface area contributed by atoms with Crippen LogP contribution in [-0.2, 0) is 9.84 Å². The molecule has 2 atom stereocenters. The maximum Gasteiger partial charge on any atom is 0.151 e. The fourth-order valence-electron chi connectivity index (χ4n) is 1.58. The van der Waals surface area contributed by atoms with E-state index in [4.69, 9.17) is 0 Å². The molecule has 5 heteroatoms. The van der Waals surface area contributed by atoms with Crippen LogP contribution in [0.2, 0.25) is 0 Å². The molecule has 0 saturated carbocycles. The Labute approximate surface area is 99.4 Å². The van der Waals surface area contributed by atoms with E-state index < -0.39 is 15.4 Å². The smallest absolute Gasteiger partial charge is 0.151 e. The van der Waals surface area contributed by atoms with Gasteiger partial charge < -0.3 is 10.4 Å². The van der Waals surface area contributed by atoms with E-state index in [1.807, 2.05) is 13.8 Å². The SMILES string of the molecule is CCCC(C)(O)CNC(C)CS(=O)(=O)CC. The number of hydrogen-bond acceptors (Lipinski definition) is 4. The molecule has 0 spiro atoms. The third-order valence-corrected chi connectivity index (χ3v) is 4.45. The Morgan fingerprint density at radius 3 is 2.38 bits per heavy atom. The summed E-state index contributed by atoms with van der Waals surface area (Å²) in [6, 6.07) is -0.117. The van der Waals surface area contributed by atoms with Gasteiger partial charge in [-0.2, -0.15) is 0 Å². The van der Waals surface area contributed by atoms with Gasteiger partial charge in [0.25, 0.3) is 0 Å². The maximum absolute atomic E-state index is 11.4. The van der Waals surface area contributed by atoms with Crippen LogP contribution in [0.5, 0.6) is 0 Å². The minimum Gasteiger partial charge on any atom is -0.389 e. The zero-order chi connectivity index (χ0) is 12.8. The Hall–Kier alpha value is -0.130. The van der Waals surface area contributed by atoms with Gasteiger partial charge in [0.15, 0.2) is 9.84 Å². The van der Waals surface area contributed by atoms with Crippen LogP contribution in [-0.4, -0.2) is 43.2 Å². The van der Waals surface area contributed by atoms with Gasteiger partial charge in [-0.15, -0.1) is 0 Å². The second-order valence-corrected chi connectivity index (χ2v) is 7.13. The average Bonchev–Trinajstić information content (AvgIpc) is 2.14. The van der Waals surface area contributed by atoms with Gasteiger partial charge in [-0.25, -0.2) is 8.42 Å². The Bertz CT molecular complexity index is 286. The van der Waals surface area contributed by atoms with Crippen molar-refractivity contribution in [3.05, 3.63) is 0 Å². The molecule has 4 nitrogen and oxygen atoms in total. The molecule has 0 heterocycles. The third-order valence-electron chi connectivity index (χ3n) is 2.56. The summed E-state index contributed by atoms with van der Waals surface area (Å²) in [5, 5.41) is 13.0. The van der Waals surface area contributed by atoms with E-state index in [-0.39, 0.29) is 17.5 Å². The van der Waals surface area contributed by atoms with E-state index in [9.17, 15) is 13.5 Å². The van der Waals surface area contributed by atoms with Crippen molar-refractivity contribution in [3.63, 3.8) is 0 Å². The highest BCUT2D eigenvalue weighted by Crippen LogP contribution is 2.10. The highest BCUT2D eigenvalue weighted by molar-refractivity contribution is 7.91. The molecule has 2 unspecified atom stereocenters. The minimum absolute atomic E-state index is 0.117. The monoisotopic (exact) mass is 251 g/mol. The molecule has 0 aromatic rings. The van der Waals surface area contributed by atoms with Crippen LogP contribution in [0.25, 0.3) is 0 Å². The molecule has 0 fully saturated rings. The lowest BCUT2D eigenvalue weighted by atomic mass is 10.0. The molecule has 0 aromatic carbocycles. The van der Waals surface area contributed by atoms with Crippen molar-refractivity contribution in [2.45, 2.75) is 52.2 Å². The van der Waals surface area contributed by atoms with Gasteiger partial charge in [0.1, 0.15) is 0 Å². The fourth-order valence-corrected chi connectivity index (χ4v) is 2.69. The van der Waals surface area contributed by atoms with E-state index in [0.29, 0.717) is 13.0 Å². The van der Waals surface area contributed by atoms with Crippen LogP contribution in [0.3, 0.4) is 0 Å². The van der Waals surface area contributed by atoms with Crippen molar-refractivity contribution in [1.29, 1.82) is 0 Å². The lowest BCUT2D eigenvalue weighted by Gasteiger charge is -2.25. The summed E-state index contributed by atoms with van der Waals surface area (Å²) in [5.74, 6) is 0.302. The number of rotatable bonds is 8. The quantitative estimate of drug-likeness (QED) is 0.674. The van der Waals surface area contributed by atoms with Crippen molar-refractivity contribution in [2.24, 2.45) is 0 Å². The first kappa shape index (κ1) is 15.9. The lowest BCUT2D eigenvalue weighted by molar-refractivity contribution is 0.0483. The Morgan fingerprint density at radius 2 is 1.94 bits per heavy atom. The highest BCUT2D eigenvalue weighted by atomic mass is 32.2. The van der Waals surface area contributed by atoms with E-state index >= 15 is 0 Å². The van der Waals surface area contributed by atoms with Crippen LogP contribution in [0.1, 0.15) is 40.5 Å². The summed E-state index contributed by atoms with van der Waals surface area (Å²) in [4.78, 5) is 0. The molecule has 0 saturated heterocycles. The van der Waals surface area contributed by atoms with Gasteiger partial charge >= 0.3 is 0 Å². The van der Waals surface area contributed by atoms with Crippen molar-refractivity contribution in [1.82, 2.24) is 5.32 Å². The Morgan fingerprint density at radius 1 is 1.38 bits per heavy atom. The lowest BCUT2D eigenvalue weighted by Crippen LogP contribution is -2.43. The van der Waals surface area contributed by atoms with Crippen LogP contribution in [0.4, 0.5) is 0 Å². The molecule has 0 aliphatic carbocycles. The number of nitrogens with one attached hydrogen (secondary N) is 1. The first-order valence-corrected chi connectivity index (χ1v) is 7.70. The van der Waals surface area contributed by atoms with Gasteiger partial charge in [0.05, 0.1) is 11.4 Å². The molecule has 0 radical (unpaired) electrons. The molecule has 0 amide bonds. The first-order valence-electron chi connectivity index (χ1n) is 5.88. The summed E-state index contributed by atoms with van der Waals surface area (Å²) >= 11 is 0. The zero-order valence-corrected chi connectivity index (χ0v) is 11.6. The molecule has 98 valence electrons. The first-order chi connectivity index (χ1) is 7.22. The molecular weight excluding hydrogens is 226 g/mol. The second kappa shape index (κ2) is 6.57. The molecule has 0 rings (SSSR count). The van der Waals surface area contributed by atoms with Crippen molar-refractivity contribution in [2.75, 3.05) is 18.1 Å². The Kier molecular flexibility index (Phi) is 6.51. The van der Waals surface area contributed by atoms with Crippen molar-refractivity contribution >= 4 is 9.84 Å². The molecule has 0 aliphatic rings. The maximum atomic E-state index is 11.4. The van der Waals surface area contributed by atoms with Gasteiger partial charge in [0, 0.05) is 18.3 Å². The summed E-state index contributed by atoms with van der Waals surface area (Å²) < 4.78 is 22.7. The summed E-state index contributed by atoms with van der Waals surface area (Å²) in [5.41, 5.74) is -0.751. The third kappa shape index (κ3) is 7.19. The number of hydrogen-bond donors (Lipinski definition) is 2. The van der Waals surface area contributed by atoms with Gasteiger partial charge in [0.2, 0.25) is 0 Å². The topological polar surface area (TPSA) is 66.4 Å². The zero-order valence-electron chi connectivity index (χ0n) is 10.8. The van der Waals surface area contributed by atoms with Crippen LogP contribution in [0, 0.1) is 0 Å². The summed E-state index contributed by atoms with van der Waals surface area (Å²) in [7, 11) is -2.94. The van der Waals surface area contributed by atoms with Gasteiger partial charge in [-0.05, 0) is 20.3 Å². The fraction of sp³-hybridized carbons (Fsp3) is 1.00. The molecule has 16 heavy (non-hydrogen) atoms. The van der Waals surface area contributed by atoms with Gasteiger partial charge in [-0.1, -0.05) is 20.3 Å². The standard InChI is InChI=1S/C11H25NO3S/c1-5-7-11(4,13)9-12-10(3)8-16(14,15)6-2/h10,12-13H,5-9H2,1-4H3. The highest BCUT2D eigenvalue weighted by Gasteiger charge is 2.21.